The molecule has 0 saturated heterocycles. The Bertz CT molecular complexity index is 157. The van der Waals surface area contributed by atoms with Gasteiger partial charge in [-0.2, -0.15) is 0 Å². The number of hydrogen-bond donors (Lipinski definition) is 2. The molecular formula is C8H17NO2S. The summed E-state index contributed by atoms with van der Waals surface area (Å²) < 4.78 is 21.7. The fraction of sp³-hybridized carbons (Fsp3) is 1.00. The van der Waals surface area contributed by atoms with Crippen LogP contribution in [0.15, 0.2) is 0 Å². The predicted octanol–water partition coefficient (Wildman–Crippen LogP) is 1.68. The summed E-state index contributed by atoms with van der Waals surface area (Å²) >= 11 is -1.85. The molecule has 0 amide bonds. The predicted molar refractivity (Wildman–Crippen MR) is 49.9 cm³/mol. The van der Waals surface area contributed by atoms with E-state index >= 15 is 0 Å². The Morgan fingerprint density at radius 2 is 2.00 bits per heavy atom. The second kappa shape index (κ2) is 4.94. The second-order valence-electron chi connectivity index (χ2n) is 3.55. The van der Waals surface area contributed by atoms with E-state index in [2.05, 4.69) is 4.72 Å². The highest BCUT2D eigenvalue weighted by molar-refractivity contribution is 7.77. The molecule has 72 valence electrons. The van der Waals surface area contributed by atoms with Gasteiger partial charge in [-0.05, 0) is 25.7 Å². The molecule has 0 bridgehead atoms. The largest absolute Gasteiger partial charge is 0.294 e. The molecule has 1 fully saturated rings. The fourth-order valence-corrected chi connectivity index (χ4v) is 2.40. The molecule has 3 nitrogen and oxygen atoms in total. The molecule has 1 aliphatic carbocycles. The van der Waals surface area contributed by atoms with E-state index in [1.165, 1.54) is 32.1 Å². The maximum Gasteiger partial charge on any atom is 0.231 e. The van der Waals surface area contributed by atoms with Crippen LogP contribution >= 0.6 is 0 Å². The molecule has 2 atom stereocenters. The molecule has 1 aliphatic rings. The van der Waals surface area contributed by atoms with Crippen LogP contribution in [0.2, 0.25) is 0 Å². The van der Waals surface area contributed by atoms with Crippen LogP contribution in [0, 0.1) is 5.92 Å². The average Bonchev–Trinajstić information content (AvgIpc) is 2.05. The molecule has 0 aromatic heterocycles. The van der Waals surface area contributed by atoms with Gasteiger partial charge in [0.2, 0.25) is 11.3 Å². The quantitative estimate of drug-likeness (QED) is 0.667. The van der Waals surface area contributed by atoms with Crippen molar-refractivity contribution in [2.24, 2.45) is 5.92 Å². The summed E-state index contributed by atoms with van der Waals surface area (Å²) in [7, 11) is 0. The van der Waals surface area contributed by atoms with Gasteiger partial charge in [0.05, 0.1) is 0 Å². The highest BCUT2D eigenvalue weighted by atomic mass is 32.2. The summed E-state index contributed by atoms with van der Waals surface area (Å²) in [5.74, 6) is 0.592. The Morgan fingerprint density at radius 3 is 2.50 bits per heavy atom. The smallest absolute Gasteiger partial charge is 0.231 e. The van der Waals surface area contributed by atoms with E-state index in [-0.39, 0.29) is 6.04 Å². The van der Waals surface area contributed by atoms with Crippen LogP contribution in [0.25, 0.3) is 0 Å². The minimum atomic E-state index is -1.85. The van der Waals surface area contributed by atoms with Crippen LogP contribution in [0.5, 0.6) is 0 Å². The van der Waals surface area contributed by atoms with E-state index in [0.717, 1.165) is 0 Å². The normalized spacial score (nSPS) is 25.2. The van der Waals surface area contributed by atoms with Crippen LogP contribution in [0.1, 0.15) is 39.0 Å². The van der Waals surface area contributed by atoms with Gasteiger partial charge < -0.3 is 0 Å². The average molecular weight is 191 g/mol. The lowest BCUT2D eigenvalue weighted by atomic mass is 9.85. The molecule has 0 radical (unpaired) electrons. The minimum absolute atomic E-state index is 0.177. The van der Waals surface area contributed by atoms with Gasteiger partial charge in [-0.15, -0.1) is 0 Å². The van der Waals surface area contributed by atoms with E-state index in [1.807, 2.05) is 6.92 Å². The fourth-order valence-electron chi connectivity index (χ4n) is 1.89. The van der Waals surface area contributed by atoms with Crippen molar-refractivity contribution in [1.29, 1.82) is 0 Å². The van der Waals surface area contributed by atoms with E-state index < -0.39 is 11.3 Å². The summed E-state index contributed by atoms with van der Waals surface area (Å²) in [6.45, 7) is 1.99. The van der Waals surface area contributed by atoms with Crippen molar-refractivity contribution in [3.63, 3.8) is 0 Å². The number of rotatable bonds is 3. The van der Waals surface area contributed by atoms with Crippen LogP contribution in [0.4, 0.5) is 0 Å². The molecule has 0 spiro atoms. The van der Waals surface area contributed by atoms with Gasteiger partial charge in [-0.25, -0.2) is 8.93 Å². The third kappa shape index (κ3) is 3.21. The lowest BCUT2D eigenvalue weighted by molar-refractivity contribution is 0.302. The van der Waals surface area contributed by atoms with Gasteiger partial charge in [0, 0.05) is 6.04 Å². The van der Waals surface area contributed by atoms with Gasteiger partial charge in [0.15, 0.2) is 0 Å². The Balaban J connectivity index is 2.29. The molecule has 2 N–H and O–H groups in total. The van der Waals surface area contributed by atoms with Crippen molar-refractivity contribution in [1.82, 2.24) is 4.72 Å². The van der Waals surface area contributed by atoms with Crippen molar-refractivity contribution in [3.05, 3.63) is 0 Å². The Morgan fingerprint density at radius 1 is 1.42 bits per heavy atom. The summed E-state index contributed by atoms with van der Waals surface area (Å²) in [6.07, 6.45) is 6.27. The molecule has 1 rings (SSSR count). The molecular weight excluding hydrogens is 174 g/mol. The van der Waals surface area contributed by atoms with Crippen molar-refractivity contribution in [2.75, 3.05) is 0 Å². The van der Waals surface area contributed by atoms with Gasteiger partial charge in [0.25, 0.3) is 0 Å². The summed E-state index contributed by atoms with van der Waals surface area (Å²) in [5, 5.41) is 0. The third-order valence-electron chi connectivity index (χ3n) is 2.64. The number of nitrogens with one attached hydrogen (secondary N) is 1. The first-order valence-electron chi connectivity index (χ1n) is 4.57. The van der Waals surface area contributed by atoms with Gasteiger partial charge in [-0.3, -0.25) is 4.55 Å². The van der Waals surface area contributed by atoms with E-state index in [9.17, 15) is 4.21 Å². The summed E-state index contributed by atoms with van der Waals surface area (Å²) in [5.41, 5.74) is 0. The standard InChI is InChI=1S/C8H17NO2S/c1-7(9-12(10)11)8-5-3-2-4-6-8/h7-9H,2-6H2,1H3,(H,10,11). The zero-order valence-corrected chi connectivity index (χ0v) is 8.27. The maximum atomic E-state index is 10.5. The third-order valence-corrected chi connectivity index (χ3v) is 3.22. The molecule has 12 heavy (non-hydrogen) atoms. The first-order valence-corrected chi connectivity index (χ1v) is 5.68. The lowest BCUT2D eigenvalue weighted by Gasteiger charge is -2.26. The molecule has 0 aromatic carbocycles. The highest BCUT2D eigenvalue weighted by Crippen LogP contribution is 2.26. The zero-order chi connectivity index (χ0) is 8.97. The molecule has 0 aliphatic heterocycles. The van der Waals surface area contributed by atoms with Crippen LogP contribution in [0.3, 0.4) is 0 Å². The maximum absolute atomic E-state index is 10.5. The van der Waals surface area contributed by atoms with Crippen LogP contribution in [-0.4, -0.2) is 14.8 Å². The van der Waals surface area contributed by atoms with Crippen molar-refractivity contribution in [2.45, 2.75) is 45.1 Å². The second-order valence-corrected chi connectivity index (χ2v) is 4.29. The molecule has 0 aromatic rings. The number of hydrogen-bond acceptors (Lipinski definition) is 1. The van der Waals surface area contributed by atoms with Crippen LogP contribution < -0.4 is 4.72 Å². The van der Waals surface area contributed by atoms with Crippen molar-refractivity contribution < 1.29 is 8.76 Å². The molecule has 0 heterocycles. The molecule has 4 heteroatoms. The Hall–Kier alpha value is 0.0700. The van der Waals surface area contributed by atoms with Gasteiger partial charge in [-0.1, -0.05) is 19.3 Å². The monoisotopic (exact) mass is 191 g/mol. The lowest BCUT2D eigenvalue weighted by Crippen LogP contribution is -2.35. The van der Waals surface area contributed by atoms with E-state index in [0.29, 0.717) is 5.92 Å². The first-order chi connectivity index (χ1) is 5.70. The van der Waals surface area contributed by atoms with Crippen molar-refractivity contribution >= 4 is 11.3 Å². The topological polar surface area (TPSA) is 49.3 Å². The van der Waals surface area contributed by atoms with Gasteiger partial charge in [0.1, 0.15) is 0 Å². The van der Waals surface area contributed by atoms with Crippen LogP contribution in [-0.2, 0) is 11.3 Å². The SMILES string of the molecule is CC(NS(=O)O)C1CCCCC1. The van der Waals surface area contributed by atoms with E-state index in [4.69, 9.17) is 4.55 Å². The van der Waals surface area contributed by atoms with E-state index in [1.54, 1.807) is 0 Å². The Kier molecular flexibility index (Phi) is 4.18. The van der Waals surface area contributed by atoms with Crippen molar-refractivity contribution in [3.8, 4) is 0 Å². The highest BCUT2D eigenvalue weighted by Gasteiger charge is 2.20. The zero-order valence-electron chi connectivity index (χ0n) is 7.45. The molecule has 2 unspecified atom stereocenters. The first kappa shape index (κ1) is 10.2. The minimum Gasteiger partial charge on any atom is -0.294 e. The summed E-state index contributed by atoms with van der Waals surface area (Å²) in [4.78, 5) is 0. The summed E-state index contributed by atoms with van der Waals surface area (Å²) in [6, 6.07) is 0.177. The van der Waals surface area contributed by atoms with Gasteiger partial charge >= 0.3 is 0 Å². The Labute approximate surface area is 76.4 Å². The molecule has 1 saturated carbocycles.